The molecule has 0 radical (unpaired) electrons. The largest absolute Gasteiger partial charge is 0.477 e. The van der Waals surface area contributed by atoms with Gasteiger partial charge in [-0.3, -0.25) is 4.72 Å². The molecular formula is C13H8ClF2NO4S. The number of sulfonamides is 1. The minimum Gasteiger partial charge on any atom is -0.477 e. The van der Waals surface area contributed by atoms with E-state index in [1.807, 2.05) is 4.72 Å². The summed E-state index contributed by atoms with van der Waals surface area (Å²) >= 11 is 5.68. The Bertz CT molecular complexity index is 855. The fraction of sp³-hybridized carbons (Fsp3) is 0. The molecule has 0 atom stereocenters. The first-order valence-electron chi connectivity index (χ1n) is 5.72. The minimum absolute atomic E-state index is 0.147. The van der Waals surface area contributed by atoms with Crippen LogP contribution in [0.3, 0.4) is 0 Å². The molecule has 0 unspecified atom stereocenters. The summed E-state index contributed by atoms with van der Waals surface area (Å²) in [6, 6.07) is 6.61. The molecular weight excluding hydrogens is 340 g/mol. The Balaban J connectivity index is 2.47. The van der Waals surface area contributed by atoms with Crippen molar-refractivity contribution in [3.63, 3.8) is 0 Å². The van der Waals surface area contributed by atoms with Crippen molar-refractivity contribution in [1.82, 2.24) is 0 Å². The number of anilines is 1. The third-order valence-electron chi connectivity index (χ3n) is 2.66. The van der Waals surface area contributed by atoms with Gasteiger partial charge in [0.15, 0.2) is 5.82 Å². The molecule has 116 valence electrons. The number of carboxylic acids is 1. The van der Waals surface area contributed by atoms with Crippen LogP contribution < -0.4 is 4.72 Å². The van der Waals surface area contributed by atoms with Crippen molar-refractivity contribution in [2.45, 2.75) is 4.90 Å². The van der Waals surface area contributed by atoms with Gasteiger partial charge in [0.2, 0.25) is 0 Å². The Morgan fingerprint density at radius 1 is 1.18 bits per heavy atom. The van der Waals surface area contributed by atoms with E-state index < -0.39 is 38.9 Å². The second-order valence-corrected chi connectivity index (χ2v) is 6.27. The van der Waals surface area contributed by atoms with Crippen molar-refractivity contribution in [2.24, 2.45) is 0 Å². The molecule has 0 aliphatic carbocycles. The zero-order valence-electron chi connectivity index (χ0n) is 10.7. The first-order chi connectivity index (χ1) is 10.2. The number of carboxylic acid groups (broad SMARTS) is 1. The van der Waals surface area contributed by atoms with Crippen LogP contribution in [-0.2, 0) is 10.0 Å². The van der Waals surface area contributed by atoms with E-state index in [-0.39, 0.29) is 9.92 Å². The highest BCUT2D eigenvalue weighted by molar-refractivity contribution is 7.92. The fourth-order valence-electron chi connectivity index (χ4n) is 1.67. The average Bonchev–Trinajstić information content (AvgIpc) is 2.42. The number of hydrogen-bond donors (Lipinski definition) is 2. The van der Waals surface area contributed by atoms with Crippen LogP contribution in [-0.4, -0.2) is 19.5 Å². The molecule has 9 heteroatoms. The minimum atomic E-state index is -4.20. The smallest absolute Gasteiger partial charge is 0.341 e. The highest BCUT2D eigenvalue weighted by atomic mass is 35.5. The third-order valence-corrected chi connectivity index (χ3v) is 4.25. The zero-order chi connectivity index (χ0) is 16.5. The van der Waals surface area contributed by atoms with E-state index in [4.69, 9.17) is 16.7 Å². The predicted molar refractivity (Wildman–Crippen MR) is 75.6 cm³/mol. The van der Waals surface area contributed by atoms with Crippen molar-refractivity contribution >= 4 is 33.3 Å². The molecule has 5 nitrogen and oxygen atoms in total. The molecule has 0 aliphatic heterocycles. The molecule has 0 bridgehead atoms. The number of aromatic carboxylic acids is 1. The SMILES string of the molecule is O=C(O)c1c(F)ccc(NS(=O)(=O)c2cccc(Cl)c2)c1F. The van der Waals surface area contributed by atoms with Crippen molar-refractivity contribution in [2.75, 3.05) is 4.72 Å². The Kier molecular flexibility index (Phi) is 4.34. The van der Waals surface area contributed by atoms with Gasteiger partial charge >= 0.3 is 5.97 Å². The summed E-state index contributed by atoms with van der Waals surface area (Å²) in [7, 11) is -4.20. The molecule has 22 heavy (non-hydrogen) atoms. The topological polar surface area (TPSA) is 83.5 Å². The average molecular weight is 348 g/mol. The van der Waals surface area contributed by atoms with Gasteiger partial charge in [0, 0.05) is 5.02 Å². The number of halogens is 3. The van der Waals surface area contributed by atoms with E-state index in [1.165, 1.54) is 18.2 Å². The maximum absolute atomic E-state index is 13.9. The van der Waals surface area contributed by atoms with E-state index in [0.29, 0.717) is 6.07 Å². The van der Waals surface area contributed by atoms with E-state index in [1.54, 1.807) is 0 Å². The molecule has 2 aromatic rings. The fourth-order valence-corrected chi connectivity index (χ4v) is 3.03. The molecule has 0 heterocycles. The lowest BCUT2D eigenvalue weighted by molar-refractivity contribution is 0.0686. The molecule has 0 saturated heterocycles. The molecule has 0 aliphatic rings. The maximum atomic E-state index is 13.9. The third kappa shape index (κ3) is 3.18. The first-order valence-corrected chi connectivity index (χ1v) is 7.58. The second-order valence-electron chi connectivity index (χ2n) is 4.15. The Hall–Kier alpha value is -2.19. The van der Waals surface area contributed by atoms with Gasteiger partial charge in [-0.25, -0.2) is 22.0 Å². The van der Waals surface area contributed by atoms with Gasteiger partial charge in [-0.15, -0.1) is 0 Å². The second kappa shape index (κ2) is 5.90. The maximum Gasteiger partial charge on any atom is 0.341 e. The summed E-state index contributed by atoms with van der Waals surface area (Å²) in [6.07, 6.45) is 0. The molecule has 0 fully saturated rings. The normalized spacial score (nSPS) is 11.2. The van der Waals surface area contributed by atoms with E-state index >= 15 is 0 Å². The lowest BCUT2D eigenvalue weighted by Crippen LogP contribution is -2.16. The van der Waals surface area contributed by atoms with Gasteiger partial charge in [0.25, 0.3) is 10.0 Å². The molecule has 0 amide bonds. The molecule has 2 aromatic carbocycles. The van der Waals surface area contributed by atoms with Crippen molar-refractivity contribution in [1.29, 1.82) is 0 Å². The van der Waals surface area contributed by atoms with Crippen molar-refractivity contribution in [3.05, 3.63) is 58.6 Å². The number of hydrogen-bond acceptors (Lipinski definition) is 3. The zero-order valence-corrected chi connectivity index (χ0v) is 12.3. The van der Waals surface area contributed by atoms with Gasteiger partial charge in [0.05, 0.1) is 10.6 Å². The van der Waals surface area contributed by atoms with E-state index in [0.717, 1.165) is 12.1 Å². The van der Waals surface area contributed by atoms with Crippen molar-refractivity contribution < 1.29 is 27.1 Å². The Morgan fingerprint density at radius 3 is 2.45 bits per heavy atom. The van der Waals surface area contributed by atoms with Gasteiger partial charge in [-0.1, -0.05) is 17.7 Å². The number of carbonyl (C=O) groups is 1. The van der Waals surface area contributed by atoms with Gasteiger partial charge in [-0.2, -0.15) is 0 Å². The van der Waals surface area contributed by atoms with Gasteiger partial charge < -0.3 is 5.11 Å². The van der Waals surface area contributed by atoms with E-state index in [2.05, 4.69) is 0 Å². The summed E-state index contributed by atoms with van der Waals surface area (Å²) < 4.78 is 53.3. The van der Waals surface area contributed by atoms with Crippen LogP contribution in [0.15, 0.2) is 41.3 Å². The van der Waals surface area contributed by atoms with Gasteiger partial charge in [-0.05, 0) is 30.3 Å². The molecule has 0 aromatic heterocycles. The quantitative estimate of drug-likeness (QED) is 0.890. The lowest BCUT2D eigenvalue weighted by atomic mass is 10.2. The van der Waals surface area contributed by atoms with Crippen LogP contribution in [0.1, 0.15) is 10.4 Å². The monoisotopic (exact) mass is 347 g/mol. The van der Waals surface area contributed by atoms with E-state index in [9.17, 15) is 22.0 Å². The summed E-state index contributed by atoms with van der Waals surface area (Å²) in [6.45, 7) is 0. The number of benzene rings is 2. The van der Waals surface area contributed by atoms with Crippen molar-refractivity contribution in [3.8, 4) is 0 Å². The summed E-state index contributed by atoms with van der Waals surface area (Å²) in [5, 5.41) is 8.89. The predicted octanol–water partition coefficient (Wildman–Crippen LogP) is 3.12. The standard InChI is InChI=1S/C13H8ClF2NO4S/c14-7-2-1-3-8(6-7)22(20,21)17-10-5-4-9(15)11(12(10)16)13(18)19/h1-6,17H,(H,18,19). The number of nitrogens with one attached hydrogen (secondary N) is 1. The van der Waals surface area contributed by atoms with Crippen LogP contribution >= 0.6 is 11.6 Å². The molecule has 0 spiro atoms. The first kappa shape index (κ1) is 16.2. The number of rotatable bonds is 4. The lowest BCUT2D eigenvalue weighted by Gasteiger charge is -2.11. The van der Waals surface area contributed by atoms with Crippen LogP contribution in [0, 0.1) is 11.6 Å². The van der Waals surface area contributed by atoms with Crippen LogP contribution in [0.4, 0.5) is 14.5 Å². The highest BCUT2D eigenvalue weighted by Gasteiger charge is 2.23. The molecule has 2 rings (SSSR count). The summed E-state index contributed by atoms with van der Waals surface area (Å²) in [4.78, 5) is 10.6. The highest BCUT2D eigenvalue weighted by Crippen LogP contribution is 2.25. The molecule has 2 N–H and O–H groups in total. The summed E-state index contributed by atoms with van der Waals surface area (Å²) in [5.74, 6) is -4.67. The molecule has 0 saturated carbocycles. The van der Waals surface area contributed by atoms with Gasteiger partial charge in [0.1, 0.15) is 11.4 Å². The Morgan fingerprint density at radius 2 is 1.86 bits per heavy atom. The Labute approximate surface area is 129 Å². The van der Waals surface area contributed by atoms with Crippen LogP contribution in [0.25, 0.3) is 0 Å². The summed E-state index contributed by atoms with van der Waals surface area (Å²) in [5.41, 5.74) is -1.93. The van der Waals surface area contributed by atoms with Crippen LogP contribution in [0.2, 0.25) is 5.02 Å². The van der Waals surface area contributed by atoms with Crippen LogP contribution in [0.5, 0.6) is 0 Å².